The van der Waals surface area contributed by atoms with E-state index in [4.69, 9.17) is 4.74 Å². The van der Waals surface area contributed by atoms with E-state index in [-0.39, 0.29) is 11.1 Å². The molecule has 0 aromatic carbocycles. The van der Waals surface area contributed by atoms with E-state index in [0.29, 0.717) is 6.10 Å². The van der Waals surface area contributed by atoms with Gasteiger partial charge in [-0.2, -0.15) is 0 Å². The van der Waals surface area contributed by atoms with Gasteiger partial charge in [0.15, 0.2) is 0 Å². The summed E-state index contributed by atoms with van der Waals surface area (Å²) in [6, 6.07) is 0. The molecule has 3 nitrogen and oxygen atoms in total. The van der Waals surface area contributed by atoms with Crippen LogP contribution in [0.15, 0.2) is 0 Å². The SMILES string of the molecule is CN(C)CCO[C@@H]1CN(C(C)(C)C)C(C)(C)C1. The van der Waals surface area contributed by atoms with Crippen LogP contribution in [-0.2, 0) is 4.74 Å². The summed E-state index contributed by atoms with van der Waals surface area (Å²) in [6.45, 7) is 14.4. The van der Waals surface area contributed by atoms with Crippen molar-refractivity contribution < 1.29 is 4.74 Å². The summed E-state index contributed by atoms with van der Waals surface area (Å²) in [6.07, 6.45) is 1.53. The molecule has 1 aliphatic heterocycles. The minimum Gasteiger partial charge on any atom is -0.375 e. The molecule has 3 heteroatoms. The maximum atomic E-state index is 5.99. The van der Waals surface area contributed by atoms with Gasteiger partial charge >= 0.3 is 0 Å². The Balaban J connectivity index is 2.48. The van der Waals surface area contributed by atoms with Gasteiger partial charge in [0, 0.05) is 24.2 Å². The van der Waals surface area contributed by atoms with Gasteiger partial charge in [-0.25, -0.2) is 0 Å². The van der Waals surface area contributed by atoms with Crippen LogP contribution in [0.3, 0.4) is 0 Å². The van der Waals surface area contributed by atoms with E-state index in [1.807, 2.05) is 0 Å². The molecule has 102 valence electrons. The first kappa shape index (κ1) is 14.9. The predicted molar refractivity (Wildman–Crippen MR) is 73.4 cm³/mol. The fraction of sp³-hybridized carbons (Fsp3) is 1.00. The van der Waals surface area contributed by atoms with Gasteiger partial charge in [-0.1, -0.05) is 0 Å². The molecule has 1 saturated heterocycles. The highest BCUT2D eigenvalue weighted by atomic mass is 16.5. The normalized spacial score (nSPS) is 25.8. The van der Waals surface area contributed by atoms with E-state index in [1.165, 1.54) is 0 Å². The van der Waals surface area contributed by atoms with Crippen molar-refractivity contribution in [3.05, 3.63) is 0 Å². The molecule has 1 fully saturated rings. The van der Waals surface area contributed by atoms with Crippen LogP contribution in [0.2, 0.25) is 0 Å². The lowest BCUT2D eigenvalue weighted by Gasteiger charge is -2.41. The van der Waals surface area contributed by atoms with Crippen molar-refractivity contribution in [1.29, 1.82) is 0 Å². The molecule has 0 amide bonds. The molecule has 0 aliphatic carbocycles. The lowest BCUT2D eigenvalue weighted by atomic mass is 9.96. The lowest BCUT2D eigenvalue weighted by molar-refractivity contribution is 0.0362. The number of ether oxygens (including phenoxy) is 1. The first-order valence-electron chi connectivity index (χ1n) is 6.67. The second-order valence-corrected chi connectivity index (χ2v) is 7.09. The summed E-state index contributed by atoms with van der Waals surface area (Å²) in [5.41, 5.74) is 0.476. The first-order valence-corrected chi connectivity index (χ1v) is 6.67. The third-order valence-corrected chi connectivity index (χ3v) is 3.55. The van der Waals surface area contributed by atoms with Crippen LogP contribution in [0, 0.1) is 0 Å². The van der Waals surface area contributed by atoms with Crippen LogP contribution in [0.1, 0.15) is 41.0 Å². The topological polar surface area (TPSA) is 15.7 Å². The van der Waals surface area contributed by atoms with Crippen molar-refractivity contribution >= 4 is 0 Å². The highest BCUT2D eigenvalue weighted by molar-refractivity contribution is 4.99. The van der Waals surface area contributed by atoms with Crippen LogP contribution >= 0.6 is 0 Å². The Morgan fingerprint density at radius 2 is 1.88 bits per heavy atom. The second kappa shape index (κ2) is 5.25. The molecule has 0 unspecified atom stereocenters. The minimum atomic E-state index is 0.225. The van der Waals surface area contributed by atoms with Crippen molar-refractivity contribution in [2.45, 2.75) is 58.2 Å². The molecule has 0 spiro atoms. The number of nitrogens with zero attached hydrogens (tertiary/aromatic N) is 2. The zero-order chi connectivity index (χ0) is 13.3. The molecule has 0 aromatic heterocycles. The summed E-state index contributed by atoms with van der Waals surface area (Å²) >= 11 is 0. The Labute approximate surface area is 107 Å². The quantitative estimate of drug-likeness (QED) is 0.752. The largest absolute Gasteiger partial charge is 0.375 e. The van der Waals surface area contributed by atoms with Crippen LogP contribution in [0.25, 0.3) is 0 Å². The van der Waals surface area contributed by atoms with Crippen LogP contribution in [0.5, 0.6) is 0 Å². The number of hydrogen-bond donors (Lipinski definition) is 0. The number of rotatable bonds is 4. The van der Waals surface area contributed by atoms with Crippen LogP contribution < -0.4 is 0 Å². The van der Waals surface area contributed by atoms with Gasteiger partial charge in [0.25, 0.3) is 0 Å². The minimum absolute atomic E-state index is 0.225. The predicted octanol–water partition coefficient (Wildman–Crippen LogP) is 2.22. The van der Waals surface area contributed by atoms with Crippen molar-refractivity contribution in [3.8, 4) is 0 Å². The molecular weight excluding hydrogens is 212 g/mol. The van der Waals surface area contributed by atoms with E-state index in [0.717, 1.165) is 26.1 Å². The van der Waals surface area contributed by atoms with Crippen LogP contribution in [-0.4, -0.2) is 60.8 Å². The van der Waals surface area contributed by atoms with E-state index in [1.54, 1.807) is 0 Å². The molecule has 1 aliphatic rings. The van der Waals surface area contributed by atoms with Gasteiger partial charge in [0.2, 0.25) is 0 Å². The maximum absolute atomic E-state index is 5.99. The molecular formula is C14H30N2O. The monoisotopic (exact) mass is 242 g/mol. The van der Waals surface area contributed by atoms with Gasteiger partial charge in [0.1, 0.15) is 0 Å². The summed E-state index contributed by atoms with van der Waals surface area (Å²) in [4.78, 5) is 4.74. The van der Waals surface area contributed by atoms with Crippen molar-refractivity contribution in [1.82, 2.24) is 9.80 Å². The smallest absolute Gasteiger partial charge is 0.0720 e. The van der Waals surface area contributed by atoms with Gasteiger partial charge in [0.05, 0.1) is 12.7 Å². The Hall–Kier alpha value is -0.120. The molecule has 1 rings (SSSR count). The van der Waals surface area contributed by atoms with E-state index < -0.39 is 0 Å². The van der Waals surface area contributed by atoms with Crippen molar-refractivity contribution in [3.63, 3.8) is 0 Å². The molecule has 1 atom stereocenters. The fourth-order valence-electron chi connectivity index (χ4n) is 2.88. The average molecular weight is 242 g/mol. The maximum Gasteiger partial charge on any atom is 0.0720 e. The van der Waals surface area contributed by atoms with E-state index >= 15 is 0 Å². The van der Waals surface area contributed by atoms with Crippen LogP contribution in [0.4, 0.5) is 0 Å². The summed E-state index contributed by atoms with van der Waals surface area (Å²) in [5.74, 6) is 0. The summed E-state index contributed by atoms with van der Waals surface area (Å²) in [5, 5.41) is 0. The van der Waals surface area contributed by atoms with Crippen molar-refractivity contribution in [2.75, 3.05) is 33.8 Å². The summed E-state index contributed by atoms with van der Waals surface area (Å²) in [7, 11) is 4.17. The standard InChI is InChI=1S/C14H30N2O/c1-13(2,3)16-11-12(10-14(16,4)5)17-9-8-15(6)7/h12H,8-11H2,1-7H3/t12-/m0/s1. The third-order valence-electron chi connectivity index (χ3n) is 3.55. The molecule has 17 heavy (non-hydrogen) atoms. The first-order chi connectivity index (χ1) is 7.63. The summed E-state index contributed by atoms with van der Waals surface area (Å²) < 4.78 is 5.99. The van der Waals surface area contributed by atoms with Crippen molar-refractivity contribution in [2.24, 2.45) is 0 Å². The van der Waals surface area contributed by atoms with E-state index in [2.05, 4.69) is 58.5 Å². The number of likely N-dealkylation sites (N-methyl/N-ethyl adjacent to an activating group) is 1. The molecule has 1 heterocycles. The number of likely N-dealkylation sites (tertiary alicyclic amines) is 1. The second-order valence-electron chi connectivity index (χ2n) is 7.09. The Morgan fingerprint density at radius 3 is 2.29 bits per heavy atom. The molecule has 0 saturated carbocycles. The molecule has 0 aromatic rings. The highest BCUT2D eigenvalue weighted by Gasteiger charge is 2.43. The van der Waals surface area contributed by atoms with Gasteiger partial charge in [-0.05, 0) is 55.1 Å². The van der Waals surface area contributed by atoms with Gasteiger partial charge in [-0.3, -0.25) is 4.90 Å². The fourth-order valence-corrected chi connectivity index (χ4v) is 2.88. The molecule has 0 radical (unpaired) electrons. The third kappa shape index (κ3) is 4.23. The Morgan fingerprint density at radius 1 is 1.29 bits per heavy atom. The highest BCUT2D eigenvalue weighted by Crippen LogP contribution is 2.35. The Bertz CT molecular complexity index is 243. The average Bonchev–Trinajstić information content (AvgIpc) is 2.39. The molecule has 0 bridgehead atoms. The number of hydrogen-bond acceptors (Lipinski definition) is 3. The van der Waals surface area contributed by atoms with Gasteiger partial charge in [-0.15, -0.1) is 0 Å². The zero-order valence-corrected chi connectivity index (χ0v) is 12.7. The Kier molecular flexibility index (Phi) is 4.61. The zero-order valence-electron chi connectivity index (χ0n) is 12.7. The van der Waals surface area contributed by atoms with Gasteiger partial charge < -0.3 is 9.64 Å². The lowest BCUT2D eigenvalue weighted by Crippen LogP contribution is -2.50. The molecule has 0 N–H and O–H groups in total. The van der Waals surface area contributed by atoms with E-state index in [9.17, 15) is 0 Å².